The fraction of sp³-hybridized carbons (Fsp3) is 0.245. The first kappa shape index (κ1) is 103. The maximum absolute atomic E-state index is 13.1. The molecule has 4 aliphatic heterocycles. The number of methoxy groups -OCH3 is 2. The molecule has 0 unspecified atom stereocenters. The number of carbonyl (C=O) groups is 5. The van der Waals surface area contributed by atoms with E-state index in [0.29, 0.717) is 98.5 Å². The number of carbonyl (C=O) groups excluding carboxylic acids is 5. The molecule has 0 bridgehead atoms. The third-order valence-electron chi connectivity index (χ3n) is 22.0. The Labute approximate surface area is 836 Å². The van der Waals surface area contributed by atoms with Crippen molar-refractivity contribution in [2.75, 3.05) is 139 Å². The van der Waals surface area contributed by atoms with Crippen LogP contribution < -0.4 is 88.1 Å². The van der Waals surface area contributed by atoms with E-state index >= 15 is 0 Å². The van der Waals surface area contributed by atoms with Crippen LogP contribution in [0.25, 0.3) is 12.2 Å². The monoisotopic (exact) mass is 1990 g/mol. The summed E-state index contributed by atoms with van der Waals surface area (Å²) in [6.45, 7) is 5.95. The van der Waals surface area contributed by atoms with Crippen LogP contribution in [0, 0.1) is 0 Å². The van der Waals surface area contributed by atoms with Gasteiger partial charge in [-0.15, -0.1) is 0 Å². The number of para-hydroxylation sites is 4. The van der Waals surface area contributed by atoms with Gasteiger partial charge in [0.1, 0.15) is 50.8 Å². The molecule has 4 aromatic heterocycles. The molecule has 2 N–H and O–H groups in total. The summed E-state index contributed by atoms with van der Waals surface area (Å²) in [6.07, 6.45) is 18.4. The second-order valence-corrected chi connectivity index (χ2v) is 32.3. The van der Waals surface area contributed by atoms with Crippen LogP contribution in [0.2, 0.25) is 20.1 Å². The fourth-order valence-electron chi connectivity index (χ4n) is 15.4. The topological polar surface area (TPSA) is 247 Å². The molecule has 0 saturated carbocycles. The average Bonchev–Trinajstić information content (AvgIpc) is 1.48. The van der Waals surface area contributed by atoms with Gasteiger partial charge in [-0.05, 0) is 204 Å². The number of hydrogen-bond donors (Lipinski definition) is 2. The van der Waals surface area contributed by atoms with E-state index in [0.717, 1.165) is 126 Å². The molecule has 24 nitrogen and oxygen atoms in total. The number of aldehydes is 1. The Balaban J connectivity index is 0.000000198. The number of aliphatic hydroxyl groups excluding tert-OH is 1. The van der Waals surface area contributed by atoms with E-state index in [1.165, 1.54) is 0 Å². The van der Waals surface area contributed by atoms with Gasteiger partial charge in [-0.25, -0.2) is 19.9 Å². The van der Waals surface area contributed by atoms with Crippen LogP contribution in [0.3, 0.4) is 0 Å². The molecule has 8 aromatic carbocycles. The van der Waals surface area contributed by atoms with Crippen molar-refractivity contribution in [2.24, 2.45) is 0 Å². The van der Waals surface area contributed by atoms with E-state index in [1.807, 2.05) is 211 Å². The van der Waals surface area contributed by atoms with Crippen molar-refractivity contribution in [3.8, 4) is 23.5 Å². The normalized spacial score (nSPS) is 15.2. The second kappa shape index (κ2) is 52.7. The molecule has 12 aromatic rings. The number of hydrogen-bond acceptors (Lipinski definition) is 20. The fourth-order valence-corrected chi connectivity index (χ4v) is 16.0. The van der Waals surface area contributed by atoms with Crippen LogP contribution >= 0.6 is 69.0 Å². The van der Waals surface area contributed by atoms with E-state index in [1.54, 1.807) is 136 Å². The van der Waals surface area contributed by atoms with E-state index in [4.69, 9.17) is 74.8 Å². The van der Waals surface area contributed by atoms with E-state index in [-0.39, 0.29) is 100 Å². The number of nitrogens with zero attached hydrogens (tertiary/aromatic N) is 11. The number of amides is 4. The second-order valence-electron chi connectivity index (χ2n) is 30.6. The molecule has 133 heavy (non-hydrogen) atoms. The Morgan fingerprint density at radius 3 is 1.06 bits per heavy atom. The summed E-state index contributed by atoms with van der Waals surface area (Å²) in [7, 11) is 8.49. The largest absolute Gasteiger partial charge is 1.00 e. The molecule has 8 heterocycles. The third-order valence-corrected chi connectivity index (χ3v) is 23.2. The molecular formula is C102H104BCl4IN12NaO12. The first-order valence-electron chi connectivity index (χ1n) is 42.6. The number of rotatable bonds is 28. The Morgan fingerprint density at radius 2 is 0.729 bits per heavy atom. The number of nitrogens with one attached hydrogen (secondary N) is 1. The minimum absolute atomic E-state index is 0. The molecule has 0 aliphatic carbocycles. The van der Waals surface area contributed by atoms with Gasteiger partial charge in [-0.2, -0.15) is 0 Å². The SMILES string of the molecule is CI.CN(C(=O)c1ccc(N2CC[C@H](Oc3ncccc3Cl)C2)c(CC=O)c1)c1ccccc1.CN(C(=O)c1ccc(N2CC[C@H](Oc3ncccc3Cl)C2)c(CCO)c1)c1ccccc1.CO/C=C\c1cc(C(=O)N(C)c2ccccc2)ccc1N1CC[C@H](Oc2ncccc2Cl)C1.CO/C=C\c1cc(C(=O)Nc2ccccc2)ccc1N1CC[C@H](Oc2ncccc2Cl)C1.[B].[H-].[Na+]. The molecule has 31 heteroatoms. The molecule has 3 radical (unpaired) electrons. The number of aromatic nitrogens is 4. The van der Waals surface area contributed by atoms with Crippen LogP contribution in [0.15, 0.2) is 280 Å². The number of aliphatic hydroxyl groups is 1. The summed E-state index contributed by atoms with van der Waals surface area (Å²) in [5.74, 6) is 1.33. The predicted molar refractivity (Wildman–Crippen MR) is 539 cm³/mol. The van der Waals surface area contributed by atoms with Crippen molar-refractivity contribution in [3.05, 3.63) is 345 Å². The molecule has 0 spiro atoms. The summed E-state index contributed by atoms with van der Waals surface area (Å²) in [5, 5.41) is 14.5. The summed E-state index contributed by atoms with van der Waals surface area (Å²) >= 11 is 26.9. The van der Waals surface area contributed by atoms with Gasteiger partial charge in [0, 0.05) is 198 Å². The zero-order chi connectivity index (χ0) is 92.5. The van der Waals surface area contributed by atoms with Crippen LogP contribution in [-0.2, 0) is 27.1 Å². The maximum atomic E-state index is 13.1. The number of halogens is 5. The number of benzene rings is 8. The number of pyridine rings is 4. The van der Waals surface area contributed by atoms with Crippen molar-refractivity contribution in [2.45, 2.75) is 62.9 Å². The molecule has 683 valence electrons. The predicted octanol–water partition coefficient (Wildman–Crippen LogP) is 17.0. The number of alkyl halides is 1. The van der Waals surface area contributed by atoms with Gasteiger partial charge in [-0.3, -0.25) is 19.2 Å². The molecule has 4 aliphatic rings. The molecule has 4 atom stereocenters. The first-order chi connectivity index (χ1) is 63.8. The van der Waals surface area contributed by atoms with Gasteiger partial charge < -0.3 is 79.4 Å². The van der Waals surface area contributed by atoms with Gasteiger partial charge >= 0.3 is 29.6 Å². The van der Waals surface area contributed by atoms with Gasteiger partial charge in [0.25, 0.3) is 23.6 Å². The minimum Gasteiger partial charge on any atom is -1.00 e. The summed E-state index contributed by atoms with van der Waals surface area (Å²) < 4.78 is 34.3. The minimum atomic E-state index is -0.165. The number of anilines is 8. The van der Waals surface area contributed by atoms with Crippen molar-refractivity contribution in [1.82, 2.24) is 19.9 Å². The maximum Gasteiger partial charge on any atom is 1.00 e. The molecule has 16 rings (SSSR count). The summed E-state index contributed by atoms with van der Waals surface area (Å²) in [4.78, 5) is 95.8. The number of ether oxygens (including phenoxy) is 6. The molecule has 4 saturated heterocycles. The molecular weight excluding hydrogens is 1890 g/mol. The van der Waals surface area contributed by atoms with Gasteiger partial charge in [-0.1, -0.05) is 142 Å². The Kier molecular flexibility index (Phi) is 41.0. The quantitative estimate of drug-likeness (QED) is 0.0152. The van der Waals surface area contributed by atoms with E-state index in [2.05, 4.69) is 67.4 Å². The van der Waals surface area contributed by atoms with Crippen molar-refractivity contribution < 1.29 is 88.5 Å². The van der Waals surface area contributed by atoms with Crippen molar-refractivity contribution in [3.63, 3.8) is 0 Å². The standard InChI is InChI=1S/C26H26ClN3O3.C25H26ClN3O3.2C25H24ClN3O3.CH3I.B.Na.H/c1-29(21-7-4-3-5-8-21)26(31)20-10-11-24(19(17-20)13-16-32-2)30-15-12-22(18-30)33-25-23(27)9-6-14-28-25;2*1-28(20-6-3-2-4-7-20)25(31)19-9-10-23(18(16-19)12-15-30)29-14-11-21(17-29)32-24-22(26)8-5-13-27-24;1-31-15-12-18-16-19(24(30)28-20-6-3-2-4-7-20)9-10-23(18)29-14-11-21(17-29)32-25-22(26)8-5-13-27-25;1-2;;;/h3-11,13-14,16-17,22H,12,15,18H2,1-2H3;2-10,13,16,21,30H,11-12,14-15,17H2,1H3;2-10,13,15-16,21H,11-12,14,17H2,1H3;2-10,12-13,15-16,21H,11,14,17H2,1H3,(H,28,30);1H3;;;/q;;;;;;+1;-1/b16-13-;;;15-12-;;;;/t22-;3*21-;;;;/m0000..../s1. The van der Waals surface area contributed by atoms with Crippen LogP contribution in [0.5, 0.6) is 23.5 Å². The zero-order valence-corrected chi connectivity index (χ0v) is 82.2. The zero-order valence-electron chi connectivity index (χ0n) is 76.0. The van der Waals surface area contributed by atoms with Crippen molar-refractivity contribution >= 4 is 165 Å². The average molecular weight is 1990 g/mol. The van der Waals surface area contributed by atoms with Gasteiger partial charge in [0.05, 0.1) is 52.9 Å². The van der Waals surface area contributed by atoms with Crippen LogP contribution in [0.4, 0.5) is 45.5 Å². The third kappa shape index (κ3) is 28.7. The summed E-state index contributed by atoms with van der Waals surface area (Å²) in [5.41, 5.74) is 13.1. The Hall–Kier alpha value is -11.7. The smallest absolute Gasteiger partial charge is 1.00 e. The Morgan fingerprint density at radius 1 is 0.429 bits per heavy atom. The van der Waals surface area contributed by atoms with E-state index < -0.39 is 0 Å². The van der Waals surface area contributed by atoms with Gasteiger partial charge in [0.15, 0.2) is 0 Å². The van der Waals surface area contributed by atoms with Gasteiger partial charge in [0.2, 0.25) is 23.5 Å². The molecule has 4 fully saturated rings. The Bertz CT molecular complexity index is 5870. The van der Waals surface area contributed by atoms with Crippen molar-refractivity contribution in [1.29, 1.82) is 0 Å². The van der Waals surface area contributed by atoms with E-state index in [9.17, 15) is 29.1 Å². The first-order valence-corrected chi connectivity index (χ1v) is 46.3. The molecule has 4 amide bonds. The van der Waals surface area contributed by atoms with Crippen LogP contribution in [0.1, 0.15) is 90.8 Å². The summed E-state index contributed by atoms with van der Waals surface area (Å²) in [6, 6.07) is 74.8. The van der Waals surface area contributed by atoms with Crippen LogP contribution in [-0.4, -0.2) is 187 Å².